The number of pyridine rings is 1. The van der Waals surface area contributed by atoms with Gasteiger partial charge in [-0.2, -0.15) is 0 Å². The molecule has 2 aromatic rings. The number of ether oxygens (including phenoxy) is 9. The maximum Gasteiger partial charge on any atom is 0.340 e. The van der Waals surface area contributed by atoms with Crippen LogP contribution in [-0.4, -0.2) is 124 Å². The van der Waals surface area contributed by atoms with Crippen LogP contribution >= 0.6 is 0 Å². The second-order valence-electron chi connectivity index (χ2n) is 16.4. The van der Waals surface area contributed by atoms with Crippen LogP contribution in [0.3, 0.4) is 0 Å². The van der Waals surface area contributed by atoms with Gasteiger partial charge in [-0.1, -0.05) is 25.1 Å². The summed E-state index contributed by atoms with van der Waals surface area (Å²) in [5.41, 5.74) is -10.2. The molecule has 2 aliphatic carbocycles. The molecule has 0 radical (unpaired) electrons. The summed E-state index contributed by atoms with van der Waals surface area (Å²) in [6, 6.07) is 10.4. The standard InChI is InChI=1S/C43H49NO18/c1-21-16-17-29-28(15-12-18-44-29)39(52)55-19-40(7)30-31(56-23(3)46)35(59-26(6)49)42(20-54-22(2)45)36(61-38(51)27-13-10-9-11-14-27)32(57-24(4)47)34(60-37(21)50)41(8,53)43(42,62-40)33(30)58-25(5)48/h9-15,18,21,30-36,53H,16-17,19-20H2,1-8H3/t21-,30+,31+,32-,33+,34-,35+,36-,40-,41-,42+,43-/m0/s1. The van der Waals surface area contributed by atoms with Gasteiger partial charge in [-0.05, 0) is 51.0 Å². The van der Waals surface area contributed by atoms with E-state index in [1.807, 2.05) is 0 Å². The van der Waals surface area contributed by atoms with Gasteiger partial charge in [-0.15, -0.1) is 0 Å². The fourth-order valence-corrected chi connectivity index (χ4v) is 9.74. The van der Waals surface area contributed by atoms with Gasteiger partial charge in [0.25, 0.3) is 0 Å². The van der Waals surface area contributed by atoms with Crippen molar-refractivity contribution in [1.29, 1.82) is 0 Å². The molecular weight excluding hydrogens is 818 g/mol. The van der Waals surface area contributed by atoms with Gasteiger partial charge in [-0.3, -0.25) is 33.8 Å². The van der Waals surface area contributed by atoms with Gasteiger partial charge in [0.05, 0.1) is 28.7 Å². The van der Waals surface area contributed by atoms with E-state index in [9.17, 15) is 43.5 Å². The van der Waals surface area contributed by atoms with Crippen LogP contribution in [0.4, 0.5) is 0 Å². The zero-order valence-corrected chi connectivity index (χ0v) is 35.4. The minimum absolute atomic E-state index is 0.0225. The molecule has 4 aliphatic rings. The van der Waals surface area contributed by atoms with Gasteiger partial charge in [0.1, 0.15) is 42.0 Å². The van der Waals surface area contributed by atoms with Gasteiger partial charge >= 0.3 is 47.8 Å². The summed E-state index contributed by atoms with van der Waals surface area (Å²) < 4.78 is 55.4. The second-order valence-corrected chi connectivity index (χ2v) is 16.4. The Balaban J connectivity index is 1.79. The smallest absolute Gasteiger partial charge is 0.340 e. The van der Waals surface area contributed by atoms with Crippen molar-refractivity contribution in [1.82, 2.24) is 4.98 Å². The highest BCUT2D eigenvalue weighted by atomic mass is 16.7. The molecular formula is C43H49NO18. The first-order chi connectivity index (χ1) is 29.1. The molecule has 19 heteroatoms. The van der Waals surface area contributed by atoms with Gasteiger partial charge < -0.3 is 47.7 Å². The zero-order valence-electron chi connectivity index (χ0n) is 35.4. The molecule has 1 saturated heterocycles. The SMILES string of the molecule is CC(=O)OC[C@]12[C@H](OC(C)=O)[C@H](OC(C)=O)[C@@H]3[C@@H](OC(C)=O)[C@@]14O[C@@]3(C)COC(=O)c1cccnc1CC[C@H](C)C(=O)O[C@@H]([C@H](OC(C)=O)[C@@H]2OC(=O)c1ccccc1)[C@]4(C)O. The number of fused-ring (bicyclic) bond motifs is 5. The van der Waals surface area contributed by atoms with E-state index >= 15 is 0 Å². The molecule has 12 atom stereocenters. The molecule has 3 heterocycles. The zero-order chi connectivity index (χ0) is 45.5. The van der Waals surface area contributed by atoms with Gasteiger partial charge in [-0.25, -0.2) is 9.59 Å². The molecule has 1 N–H and O–H groups in total. The topological polar surface area (TPSA) is 253 Å². The number of carbonyl (C=O) groups is 8. The number of aryl methyl sites for hydroxylation is 1. The maximum atomic E-state index is 14.4. The molecule has 1 aromatic heterocycles. The number of hydrogen-bond acceptors (Lipinski definition) is 19. The van der Waals surface area contributed by atoms with Crippen LogP contribution < -0.4 is 0 Å². The molecule has 6 rings (SSSR count). The van der Waals surface area contributed by atoms with Crippen LogP contribution in [0.1, 0.15) is 88.2 Å². The Morgan fingerprint density at radius 2 is 1.37 bits per heavy atom. The number of esters is 8. The van der Waals surface area contributed by atoms with Gasteiger partial charge in [0, 0.05) is 40.8 Å². The van der Waals surface area contributed by atoms with E-state index < -0.39 is 132 Å². The average Bonchev–Trinajstić information content (AvgIpc) is 3.41. The summed E-state index contributed by atoms with van der Waals surface area (Å²) in [6.45, 7) is 7.17. The second kappa shape index (κ2) is 17.1. The Hall–Kier alpha value is -5.95. The van der Waals surface area contributed by atoms with Crippen molar-refractivity contribution < 1.29 is 86.1 Å². The molecule has 1 spiro atoms. The number of aliphatic hydroxyl groups is 1. The Labute approximate surface area is 355 Å². The van der Waals surface area contributed by atoms with E-state index in [0.29, 0.717) is 0 Å². The van der Waals surface area contributed by atoms with Crippen LogP contribution in [0.2, 0.25) is 0 Å². The molecule has 3 fully saturated rings. The number of cyclic esters (lactones) is 1. The Bertz CT molecular complexity index is 2140. The molecule has 19 nitrogen and oxygen atoms in total. The summed E-state index contributed by atoms with van der Waals surface area (Å²) in [6.07, 6.45) is -10.6. The summed E-state index contributed by atoms with van der Waals surface area (Å²) in [5.74, 6) is -10.7. The van der Waals surface area contributed by atoms with Gasteiger partial charge in [0.15, 0.2) is 30.0 Å². The van der Waals surface area contributed by atoms with Crippen molar-refractivity contribution in [2.75, 3.05) is 13.2 Å². The maximum absolute atomic E-state index is 14.4. The Morgan fingerprint density at radius 1 is 0.774 bits per heavy atom. The Kier molecular flexibility index (Phi) is 12.6. The quantitative estimate of drug-likeness (QED) is 0.295. The largest absolute Gasteiger partial charge is 0.465 e. The van der Waals surface area contributed by atoms with Crippen molar-refractivity contribution >= 4 is 47.8 Å². The van der Waals surface area contributed by atoms with E-state index in [4.69, 9.17) is 42.6 Å². The van der Waals surface area contributed by atoms with Gasteiger partial charge in [0.2, 0.25) is 0 Å². The van der Waals surface area contributed by atoms with Crippen LogP contribution in [0.15, 0.2) is 48.7 Å². The summed E-state index contributed by atoms with van der Waals surface area (Å²) in [7, 11) is 0. The number of nitrogens with zero attached hydrogens (tertiary/aromatic N) is 1. The summed E-state index contributed by atoms with van der Waals surface area (Å²) >= 11 is 0. The highest BCUT2D eigenvalue weighted by Crippen LogP contribution is 2.70. The third kappa shape index (κ3) is 7.76. The van der Waals surface area contributed by atoms with Crippen molar-refractivity contribution in [2.45, 2.75) is 122 Å². The predicted molar refractivity (Wildman–Crippen MR) is 205 cm³/mol. The molecule has 2 saturated carbocycles. The summed E-state index contributed by atoms with van der Waals surface area (Å²) in [5, 5.41) is 13.6. The number of hydrogen-bond donors (Lipinski definition) is 1. The highest BCUT2D eigenvalue weighted by Gasteiger charge is 2.92. The first-order valence-corrected chi connectivity index (χ1v) is 19.9. The average molecular weight is 868 g/mol. The van der Waals surface area contributed by atoms with Crippen molar-refractivity contribution in [2.24, 2.45) is 17.3 Å². The van der Waals surface area contributed by atoms with Crippen LogP contribution in [0.5, 0.6) is 0 Å². The fraction of sp³-hybridized carbons (Fsp3) is 0.558. The Morgan fingerprint density at radius 3 is 1.98 bits per heavy atom. The number of aromatic nitrogens is 1. The lowest BCUT2D eigenvalue weighted by Gasteiger charge is -2.67. The van der Waals surface area contributed by atoms with Crippen molar-refractivity contribution in [3.8, 4) is 0 Å². The van der Waals surface area contributed by atoms with Crippen LogP contribution in [-0.2, 0) is 77.8 Å². The molecule has 0 amide bonds. The predicted octanol–water partition coefficient (Wildman–Crippen LogP) is 2.16. The molecule has 4 bridgehead atoms. The summed E-state index contributed by atoms with van der Waals surface area (Å²) in [4.78, 5) is 113. The van der Waals surface area contributed by atoms with E-state index in [-0.39, 0.29) is 29.7 Å². The number of rotatable bonds is 8. The van der Waals surface area contributed by atoms with Crippen LogP contribution in [0.25, 0.3) is 0 Å². The van der Waals surface area contributed by atoms with E-state index in [1.54, 1.807) is 6.07 Å². The third-order valence-corrected chi connectivity index (χ3v) is 12.1. The molecule has 0 unspecified atom stereocenters. The lowest BCUT2D eigenvalue weighted by molar-refractivity contribution is -0.385. The number of benzene rings is 1. The molecule has 62 heavy (non-hydrogen) atoms. The third-order valence-electron chi connectivity index (χ3n) is 12.1. The fourth-order valence-electron chi connectivity index (χ4n) is 9.74. The van der Waals surface area contributed by atoms with E-state index in [1.165, 1.54) is 56.4 Å². The lowest BCUT2D eigenvalue weighted by atomic mass is 9.45. The van der Waals surface area contributed by atoms with E-state index in [2.05, 4.69) is 4.98 Å². The molecule has 334 valence electrons. The van der Waals surface area contributed by atoms with Crippen LogP contribution in [0, 0.1) is 17.3 Å². The molecule has 1 aromatic carbocycles. The molecule has 2 aliphatic heterocycles. The first-order valence-electron chi connectivity index (χ1n) is 19.9. The number of carbonyl (C=O) groups excluding carboxylic acids is 8. The normalized spacial score (nSPS) is 35.0. The van der Waals surface area contributed by atoms with Crippen molar-refractivity contribution in [3.05, 3.63) is 65.5 Å². The first kappa shape index (κ1) is 45.6. The minimum atomic E-state index is -2.84. The lowest BCUT2D eigenvalue weighted by Crippen LogP contribution is -2.89. The minimum Gasteiger partial charge on any atom is -0.465 e. The van der Waals surface area contributed by atoms with Crippen molar-refractivity contribution in [3.63, 3.8) is 0 Å². The van der Waals surface area contributed by atoms with E-state index in [0.717, 1.165) is 41.5 Å². The highest BCUT2D eigenvalue weighted by molar-refractivity contribution is 5.91. The monoisotopic (exact) mass is 867 g/mol.